The Kier molecular flexibility index (Phi) is 3.80. The highest BCUT2D eigenvalue weighted by Crippen LogP contribution is 2.36. The number of hydrogen-bond donors (Lipinski definition) is 3. The zero-order valence-electron chi connectivity index (χ0n) is 13.5. The monoisotopic (exact) mass is 305 g/mol. The summed E-state index contributed by atoms with van der Waals surface area (Å²) in [6.07, 6.45) is 0.0766. The molecule has 0 aromatic carbocycles. The molecule has 7 heteroatoms. The van der Waals surface area contributed by atoms with Crippen LogP contribution >= 0.6 is 0 Å². The van der Waals surface area contributed by atoms with Crippen LogP contribution in [0, 0.1) is 13.8 Å². The lowest BCUT2D eigenvalue weighted by Gasteiger charge is -2.39. The summed E-state index contributed by atoms with van der Waals surface area (Å²) in [5.74, 6) is 0. The Labute approximate surface area is 129 Å². The molecule has 22 heavy (non-hydrogen) atoms. The molecule has 3 N–H and O–H groups in total. The number of ether oxygens (including phenoxy) is 1. The van der Waals surface area contributed by atoms with Crippen LogP contribution in [0.1, 0.15) is 23.5 Å². The molecule has 0 amide bonds. The Balaban J connectivity index is 2.03. The average molecular weight is 305 g/mol. The predicted octanol–water partition coefficient (Wildman–Crippen LogP) is 0.623. The van der Waals surface area contributed by atoms with Crippen molar-refractivity contribution in [3.05, 3.63) is 23.1 Å². The molecule has 7 nitrogen and oxygen atoms in total. The zero-order valence-corrected chi connectivity index (χ0v) is 13.5. The Bertz CT molecular complexity index is 678. The maximum atomic E-state index is 10.4. The molecule has 3 rings (SSSR count). The highest BCUT2D eigenvalue weighted by Gasteiger charge is 2.43. The number of nitrogens with zero attached hydrogens (tertiary/aromatic N) is 3. The topological polar surface area (TPSA) is 88.0 Å². The van der Waals surface area contributed by atoms with Gasteiger partial charge in [0, 0.05) is 32.0 Å². The van der Waals surface area contributed by atoms with Gasteiger partial charge >= 0.3 is 0 Å². The van der Waals surface area contributed by atoms with Crippen LogP contribution in [0.5, 0.6) is 0 Å². The second-order valence-electron chi connectivity index (χ2n) is 5.90. The summed E-state index contributed by atoms with van der Waals surface area (Å²) in [7, 11) is 3.56. The van der Waals surface area contributed by atoms with Crippen molar-refractivity contribution in [3.63, 3.8) is 0 Å². The summed E-state index contributed by atoms with van der Waals surface area (Å²) >= 11 is 0. The summed E-state index contributed by atoms with van der Waals surface area (Å²) in [5.41, 5.74) is 3.94. The molecule has 0 aliphatic carbocycles. The molecule has 0 radical (unpaired) electrons. The van der Waals surface area contributed by atoms with Crippen LogP contribution in [-0.4, -0.2) is 51.4 Å². The highest BCUT2D eigenvalue weighted by atomic mass is 16.5. The standard InChI is InChI=1S/C15H23N5O2/c1-9-14(10(2)20(3)19-9)11-7-12(18-17-11)15(22-4)5-6-16-8-13(15)21/h7,13,16,21H,5-6,8H2,1-4H3,(H,17,18). The fraction of sp³-hybridized carbons (Fsp3) is 0.600. The molecule has 0 bridgehead atoms. The van der Waals surface area contributed by atoms with Crippen LogP contribution < -0.4 is 5.32 Å². The normalized spacial score (nSPS) is 25.6. The van der Waals surface area contributed by atoms with Crippen molar-refractivity contribution in [2.24, 2.45) is 7.05 Å². The first-order valence-corrected chi connectivity index (χ1v) is 7.50. The van der Waals surface area contributed by atoms with Crippen LogP contribution in [0.3, 0.4) is 0 Å². The van der Waals surface area contributed by atoms with E-state index in [1.165, 1.54) is 0 Å². The smallest absolute Gasteiger partial charge is 0.137 e. The van der Waals surface area contributed by atoms with E-state index in [2.05, 4.69) is 20.6 Å². The van der Waals surface area contributed by atoms with Gasteiger partial charge < -0.3 is 15.2 Å². The third kappa shape index (κ3) is 2.16. The summed E-state index contributed by atoms with van der Waals surface area (Å²) in [5, 5.41) is 25.5. The third-order valence-electron chi connectivity index (χ3n) is 4.71. The van der Waals surface area contributed by atoms with Crippen molar-refractivity contribution in [2.75, 3.05) is 20.2 Å². The first-order valence-electron chi connectivity index (χ1n) is 7.50. The van der Waals surface area contributed by atoms with Crippen molar-refractivity contribution in [1.82, 2.24) is 25.3 Å². The molecule has 2 unspecified atom stereocenters. The molecule has 1 aliphatic rings. The molecule has 2 aromatic heterocycles. The van der Waals surface area contributed by atoms with Crippen LogP contribution in [0.4, 0.5) is 0 Å². The summed E-state index contributed by atoms with van der Waals surface area (Å²) in [6, 6.07) is 1.97. The molecule has 1 aliphatic heterocycles. The van der Waals surface area contributed by atoms with Crippen LogP contribution in [0.15, 0.2) is 6.07 Å². The first-order chi connectivity index (χ1) is 10.5. The molecule has 2 aromatic rings. The number of aromatic amines is 1. The van der Waals surface area contributed by atoms with Gasteiger partial charge in [0.25, 0.3) is 0 Å². The quantitative estimate of drug-likeness (QED) is 0.774. The molecule has 0 saturated carbocycles. The molecule has 1 saturated heterocycles. The highest BCUT2D eigenvalue weighted by molar-refractivity contribution is 5.65. The number of H-pyrrole nitrogens is 1. The number of aromatic nitrogens is 4. The van der Waals surface area contributed by atoms with E-state index in [1.807, 2.05) is 31.6 Å². The number of piperidine rings is 1. The Hall–Kier alpha value is -1.70. The van der Waals surface area contributed by atoms with Crippen molar-refractivity contribution >= 4 is 0 Å². The van der Waals surface area contributed by atoms with E-state index in [4.69, 9.17) is 4.74 Å². The molecule has 120 valence electrons. The SMILES string of the molecule is COC1(c2cc(-c3c(C)nn(C)c3C)n[nH]2)CCNCC1O. The fourth-order valence-electron chi connectivity index (χ4n) is 3.32. The van der Waals surface area contributed by atoms with Gasteiger partial charge in [0.1, 0.15) is 11.7 Å². The van der Waals surface area contributed by atoms with Crippen molar-refractivity contribution in [1.29, 1.82) is 0 Å². The van der Waals surface area contributed by atoms with E-state index in [0.29, 0.717) is 13.0 Å². The van der Waals surface area contributed by atoms with Crippen LogP contribution in [-0.2, 0) is 17.4 Å². The maximum Gasteiger partial charge on any atom is 0.137 e. The number of methoxy groups -OCH3 is 1. The molecule has 1 fully saturated rings. The lowest BCUT2D eigenvalue weighted by atomic mass is 9.85. The minimum atomic E-state index is -0.736. The lowest BCUT2D eigenvalue weighted by Crippen LogP contribution is -2.53. The van der Waals surface area contributed by atoms with E-state index in [-0.39, 0.29) is 0 Å². The number of aliphatic hydroxyl groups excluding tert-OH is 1. The summed E-state index contributed by atoms with van der Waals surface area (Å²) < 4.78 is 7.56. The van der Waals surface area contributed by atoms with E-state index in [0.717, 1.165) is 34.9 Å². The number of hydrogen-bond acceptors (Lipinski definition) is 5. The molecule has 2 atom stereocenters. The van der Waals surface area contributed by atoms with Gasteiger partial charge in [-0.05, 0) is 32.9 Å². The average Bonchev–Trinajstić information content (AvgIpc) is 3.06. The lowest BCUT2D eigenvalue weighted by molar-refractivity contribution is -0.126. The molecular formula is C15H23N5O2. The van der Waals surface area contributed by atoms with Gasteiger partial charge in [-0.2, -0.15) is 10.2 Å². The number of nitrogens with one attached hydrogen (secondary N) is 2. The van der Waals surface area contributed by atoms with Crippen LogP contribution in [0.2, 0.25) is 0 Å². The van der Waals surface area contributed by atoms with E-state index < -0.39 is 11.7 Å². The number of aliphatic hydroxyl groups is 1. The molecular weight excluding hydrogens is 282 g/mol. The van der Waals surface area contributed by atoms with Gasteiger partial charge in [-0.15, -0.1) is 0 Å². The van der Waals surface area contributed by atoms with Crippen molar-refractivity contribution in [2.45, 2.75) is 32.0 Å². The minimum absolute atomic E-state index is 0.507. The number of rotatable bonds is 3. The number of aryl methyl sites for hydroxylation is 2. The van der Waals surface area contributed by atoms with Gasteiger partial charge in [0.05, 0.1) is 17.1 Å². The molecule has 3 heterocycles. The Morgan fingerprint density at radius 2 is 2.23 bits per heavy atom. The van der Waals surface area contributed by atoms with E-state index >= 15 is 0 Å². The van der Waals surface area contributed by atoms with Gasteiger partial charge in [-0.1, -0.05) is 0 Å². The second kappa shape index (κ2) is 5.49. The summed E-state index contributed by atoms with van der Waals surface area (Å²) in [6.45, 7) is 5.30. The minimum Gasteiger partial charge on any atom is -0.388 e. The Morgan fingerprint density at radius 1 is 1.45 bits per heavy atom. The van der Waals surface area contributed by atoms with Crippen molar-refractivity contribution in [3.8, 4) is 11.3 Å². The fourth-order valence-corrected chi connectivity index (χ4v) is 3.32. The third-order valence-corrected chi connectivity index (χ3v) is 4.71. The largest absolute Gasteiger partial charge is 0.388 e. The Morgan fingerprint density at radius 3 is 2.82 bits per heavy atom. The summed E-state index contributed by atoms with van der Waals surface area (Å²) in [4.78, 5) is 0. The molecule has 0 spiro atoms. The van der Waals surface area contributed by atoms with Gasteiger partial charge in [-0.3, -0.25) is 9.78 Å². The predicted molar refractivity (Wildman–Crippen MR) is 82.4 cm³/mol. The van der Waals surface area contributed by atoms with E-state index in [1.54, 1.807) is 7.11 Å². The number of β-amino-alcohol motifs (C(OH)–C–C–N with tert-alkyl or cyclic N) is 1. The van der Waals surface area contributed by atoms with Gasteiger partial charge in [0.2, 0.25) is 0 Å². The zero-order chi connectivity index (χ0) is 15.9. The van der Waals surface area contributed by atoms with Crippen molar-refractivity contribution < 1.29 is 9.84 Å². The van der Waals surface area contributed by atoms with Gasteiger partial charge in [-0.25, -0.2) is 0 Å². The van der Waals surface area contributed by atoms with Gasteiger partial charge in [0.15, 0.2) is 0 Å². The van der Waals surface area contributed by atoms with E-state index in [9.17, 15) is 5.11 Å². The first kappa shape index (κ1) is 15.2. The van der Waals surface area contributed by atoms with Crippen LogP contribution in [0.25, 0.3) is 11.3 Å². The maximum absolute atomic E-state index is 10.4. The second-order valence-corrected chi connectivity index (χ2v) is 5.90.